The number of aliphatic hydroxyl groups is 1. The summed E-state index contributed by atoms with van der Waals surface area (Å²) in [7, 11) is 3.62. The monoisotopic (exact) mass is 238 g/mol. The fourth-order valence-electron chi connectivity index (χ4n) is 1.84. The molecule has 0 aliphatic carbocycles. The van der Waals surface area contributed by atoms with Gasteiger partial charge in [-0.05, 0) is 31.7 Å². The minimum Gasteiger partial charge on any atom is -0.497 e. The molecule has 2 atom stereocenters. The van der Waals surface area contributed by atoms with Crippen LogP contribution in [0.5, 0.6) is 5.75 Å². The van der Waals surface area contributed by atoms with Gasteiger partial charge in [-0.1, -0.05) is 12.1 Å². The smallest absolute Gasteiger partial charge is 0.118 e. The summed E-state index contributed by atoms with van der Waals surface area (Å²) < 4.78 is 5.11. The van der Waals surface area contributed by atoms with Gasteiger partial charge < -0.3 is 15.6 Å². The fraction of sp³-hybridized carbons (Fsp3) is 0.538. The second kappa shape index (κ2) is 6.59. The molecule has 0 spiro atoms. The maximum absolute atomic E-state index is 9.29. The van der Waals surface area contributed by atoms with Crippen molar-refractivity contribution in [1.82, 2.24) is 4.90 Å². The molecule has 3 N–H and O–H groups in total. The first-order chi connectivity index (χ1) is 8.08. The van der Waals surface area contributed by atoms with E-state index in [2.05, 4.69) is 4.90 Å². The second-order valence-corrected chi connectivity index (χ2v) is 4.37. The van der Waals surface area contributed by atoms with Crippen molar-refractivity contribution in [3.63, 3.8) is 0 Å². The Kier molecular flexibility index (Phi) is 5.41. The quantitative estimate of drug-likeness (QED) is 0.771. The summed E-state index contributed by atoms with van der Waals surface area (Å²) in [6.07, 6.45) is 0. The van der Waals surface area contributed by atoms with Gasteiger partial charge in [0.15, 0.2) is 0 Å². The van der Waals surface area contributed by atoms with Crippen LogP contribution in [0.15, 0.2) is 24.3 Å². The second-order valence-electron chi connectivity index (χ2n) is 4.37. The van der Waals surface area contributed by atoms with Gasteiger partial charge in [0, 0.05) is 18.6 Å². The Morgan fingerprint density at radius 3 is 2.35 bits per heavy atom. The van der Waals surface area contributed by atoms with Crippen molar-refractivity contribution in [1.29, 1.82) is 0 Å². The molecule has 96 valence electrons. The van der Waals surface area contributed by atoms with Gasteiger partial charge >= 0.3 is 0 Å². The summed E-state index contributed by atoms with van der Waals surface area (Å²) in [5.41, 5.74) is 7.00. The number of nitrogens with zero attached hydrogens (tertiary/aromatic N) is 1. The molecule has 0 bridgehead atoms. The molecule has 1 aromatic rings. The number of nitrogens with two attached hydrogens (primary N) is 1. The fourth-order valence-corrected chi connectivity index (χ4v) is 1.84. The van der Waals surface area contributed by atoms with E-state index >= 15 is 0 Å². The molecule has 0 radical (unpaired) electrons. The Morgan fingerprint density at radius 2 is 1.94 bits per heavy atom. The number of aliphatic hydroxyl groups excluding tert-OH is 1. The van der Waals surface area contributed by atoms with Crippen molar-refractivity contribution in [3.05, 3.63) is 29.8 Å². The minimum atomic E-state index is -0.0525. The molecule has 0 aliphatic rings. The van der Waals surface area contributed by atoms with Gasteiger partial charge in [0.25, 0.3) is 0 Å². The first kappa shape index (κ1) is 14.0. The third-order valence-corrected chi connectivity index (χ3v) is 2.95. The van der Waals surface area contributed by atoms with Crippen LogP contribution in [0.25, 0.3) is 0 Å². The summed E-state index contributed by atoms with van der Waals surface area (Å²) in [5, 5.41) is 9.29. The number of benzene rings is 1. The summed E-state index contributed by atoms with van der Waals surface area (Å²) in [5.74, 6) is 0.849. The zero-order valence-corrected chi connectivity index (χ0v) is 10.8. The maximum Gasteiger partial charge on any atom is 0.118 e. The van der Waals surface area contributed by atoms with Crippen LogP contribution in [0.4, 0.5) is 0 Å². The summed E-state index contributed by atoms with van der Waals surface area (Å²) >= 11 is 0. The number of hydrogen-bond acceptors (Lipinski definition) is 4. The van der Waals surface area contributed by atoms with Crippen molar-refractivity contribution in [2.45, 2.75) is 25.6 Å². The van der Waals surface area contributed by atoms with E-state index in [1.165, 1.54) is 5.56 Å². The Balaban J connectivity index is 2.63. The predicted molar refractivity (Wildman–Crippen MR) is 69.0 cm³/mol. The molecule has 0 saturated heterocycles. The molecular weight excluding hydrogens is 216 g/mol. The molecule has 0 amide bonds. The topological polar surface area (TPSA) is 58.7 Å². The molecule has 0 aromatic heterocycles. The molecule has 4 nitrogen and oxygen atoms in total. The highest BCUT2D eigenvalue weighted by atomic mass is 16.5. The van der Waals surface area contributed by atoms with Gasteiger partial charge in [-0.25, -0.2) is 0 Å². The summed E-state index contributed by atoms with van der Waals surface area (Å²) in [6.45, 7) is 2.74. The van der Waals surface area contributed by atoms with Gasteiger partial charge in [-0.15, -0.1) is 0 Å². The van der Waals surface area contributed by atoms with Crippen LogP contribution in [-0.2, 0) is 6.54 Å². The van der Waals surface area contributed by atoms with Crippen LogP contribution >= 0.6 is 0 Å². The number of ether oxygens (including phenoxy) is 1. The third kappa shape index (κ3) is 4.00. The van der Waals surface area contributed by atoms with E-state index in [1.807, 2.05) is 38.2 Å². The molecule has 0 saturated carbocycles. The van der Waals surface area contributed by atoms with Gasteiger partial charge in [0.1, 0.15) is 5.75 Å². The lowest BCUT2D eigenvalue weighted by molar-refractivity contribution is 0.125. The standard InChI is InChI=1S/C13H22N2O2/c1-10(14)13(9-16)15(2)8-11-4-6-12(17-3)7-5-11/h4-7,10,13,16H,8-9,14H2,1-3H3. The Hall–Kier alpha value is -1.10. The highest BCUT2D eigenvalue weighted by Gasteiger charge is 2.17. The highest BCUT2D eigenvalue weighted by molar-refractivity contribution is 5.27. The van der Waals surface area contributed by atoms with E-state index in [-0.39, 0.29) is 18.7 Å². The van der Waals surface area contributed by atoms with Crippen LogP contribution in [0.3, 0.4) is 0 Å². The zero-order valence-electron chi connectivity index (χ0n) is 10.8. The highest BCUT2D eigenvalue weighted by Crippen LogP contribution is 2.13. The van der Waals surface area contributed by atoms with E-state index in [9.17, 15) is 5.11 Å². The van der Waals surface area contributed by atoms with E-state index in [4.69, 9.17) is 10.5 Å². The Morgan fingerprint density at radius 1 is 1.35 bits per heavy atom. The lowest BCUT2D eigenvalue weighted by atomic mass is 10.1. The van der Waals surface area contributed by atoms with E-state index in [1.54, 1.807) is 7.11 Å². The van der Waals surface area contributed by atoms with Gasteiger partial charge in [0.2, 0.25) is 0 Å². The molecule has 4 heteroatoms. The molecule has 0 aliphatic heterocycles. The lowest BCUT2D eigenvalue weighted by Crippen LogP contribution is -2.46. The molecule has 1 rings (SSSR count). The first-order valence-electron chi connectivity index (χ1n) is 5.78. The first-order valence-corrected chi connectivity index (χ1v) is 5.78. The SMILES string of the molecule is COc1ccc(CN(C)C(CO)C(C)N)cc1. The number of methoxy groups -OCH3 is 1. The average Bonchev–Trinajstić information content (AvgIpc) is 2.30. The van der Waals surface area contributed by atoms with Gasteiger partial charge in [0.05, 0.1) is 13.7 Å². The van der Waals surface area contributed by atoms with Crippen molar-refractivity contribution >= 4 is 0 Å². The van der Waals surface area contributed by atoms with Crippen molar-refractivity contribution in [2.24, 2.45) is 5.73 Å². The molecule has 2 unspecified atom stereocenters. The number of hydrogen-bond donors (Lipinski definition) is 2. The van der Waals surface area contributed by atoms with E-state index < -0.39 is 0 Å². The van der Waals surface area contributed by atoms with Gasteiger partial charge in [-0.3, -0.25) is 4.90 Å². The van der Waals surface area contributed by atoms with Crippen LogP contribution in [0.2, 0.25) is 0 Å². The predicted octanol–water partition coefficient (Wildman–Crippen LogP) is 0.835. The van der Waals surface area contributed by atoms with Crippen LogP contribution in [0.1, 0.15) is 12.5 Å². The zero-order chi connectivity index (χ0) is 12.8. The van der Waals surface area contributed by atoms with E-state index in [0.717, 1.165) is 12.3 Å². The molecule has 1 aromatic carbocycles. The number of rotatable bonds is 6. The minimum absolute atomic E-state index is 0.0166. The van der Waals surface area contributed by atoms with E-state index in [0.29, 0.717) is 0 Å². The van der Waals surface area contributed by atoms with Crippen LogP contribution in [-0.4, -0.2) is 42.9 Å². The van der Waals surface area contributed by atoms with Crippen molar-refractivity contribution in [3.8, 4) is 5.75 Å². The molecule has 0 fully saturated rings. The molecule has 17 heavy (non-hydrogen) atoms. The normalized spacial score (nSPS) is 14.7. The Labute approximate surface area is 103 Å². The molecular formula is C13H22N2O2. The molecule has 0 heterocycles. The largest absolute Gasteiger partial charge is 0.497 e. The summed E-state index contributed by atoms with van der Waals surface area (Å²) in [4.78, 5) is 2.06. The maximum atomic E-state index is 9.29. The Bertz CT molecular complexity index is 325. The third-order valence-electron chi connectivity index (χ3n) is 2.95. The lowest BCUT2D eigenvalue weighted by Gasteiger charge is -2.29. The van der Waals surface area contributed by atoms with Crippen LogP contribution < -0.4 is 10.5 Å². The number of likely N-dealkylation sites (N-methyl/N-ethyl adjacent to an activating group) is 1. The van der Waals surface area contributed by atoms with Crippen molar-refractivity contribution in [2.75, 3.05) is 20.8 Å². The van der Waals surface area contributed by atoms with Crippen LogP contribution in [0, 0.1) is 0 Å². The average molecular weight is 238 g/mol. The summed E-state index contributed by atoms with van der Waals surface area (Å²) in [6, 6.07) is 7.84. The van der Waals surface area contributed by atoms with Gasteiger partial charge in [-0.2, -0.15) is 0 Å². The van der Waals surface area contributed by atoms with Crippen molar-refractivity contribution < 1.29 is 9.84 Å².